The first-order valence-electron chi connectivity index (χ1n) is 11.6. The van der Waals surface area contributed by atoms with Crippen LogP contribution in [-0.4, -0.2) is 48.7 Å². The number of carbonyl (C=O) groups is 2. The summed E-state index contributed by atoms with van der Waals surface area (Å²) in [6, 6.07) is 7.38. The van der Waals surface area contributed by atoms with Gasteiger partial charge < -0.3 is 14.2 Å². The molecule has 1 aromatic rings. The molecule has 0 spiro atoms. The maximum Gasteiger partial charge on any atom is 0.468 e. The Morgan fingerprint density at radius 3 is 1.92 bits per heavy atom. The summed E-state index contributed by atoms with van der Waals surface area (Å²) in [7, 11) is -6.23. The van der Waals surface area contributed by atoms with Crippen molar-refractivity contribution in [2.24, 2.45) is 23.2 Å². The van der Waals surface area contributed by atoms with E-state index < -0.39 is 57.9 Å². The summed E-state index contributed by atoms with van der Waals surface area (Å²) in [6.45, 7) is -3.40. The van der Waals surface area contributed by atoms with Crippen molar-refractivity contribution in [3.63, 3.8) is 0 Å². The Morgan fingerprint density at radius 1 is 0.946 bits per heavy atom. The van der Waals surface area contributed by atoms with Crippen LogP contribution in [0.25, 0.3) is 0 Å². The van der Waals surface area contributed by atoms with Gasteiger partial charge in [-0.1, -0.05) is 30.3 Å². The largest absolute Gasteiger partial charge is 0.468 e. The molecule has 8 nitrogen and oxygen atoms in total. The average molecular weight is 557 g/mol. The third-order valence-corrected chi connectivity index (χ3v) is 8.26. The van der Waals surface area contributed by atoms with Gasteiger partial charge in [-0.25, -0.2) is 4.79 Å². The molecule has 4 fully saturated rings. The van der Waals surface area contributed by atoms with Crippen LogP contribution in [0.5, 0.6) is 0 Å². The number of hydrogen-bond donors (Lipinski definition) is 1. The molecule has 1 unspecified atom stereocenters. The number of carbonyl (C=O) groups excluding carboxylic acids is 2. The van der Waals surface area contributed by atoms with Crippen molar-refractivity contribution in [1.29, 1.82) is 0 Å². The summed E-state index contributed by atoms with van der Waals surface area (Å²) in [5, 5.41) is -5.25. The third-order valence-electron chi connectivity index (χ3n) is 7.38. The molecule has 1 atom stereocenters. The number of rotatable bonds is 9. The van der Waals surface area contributed by atoms with Gasteiger partial charge in [0.15, 0.2) is 0 Å². The predicted molar refractivity (Wildman–Crippen MR) is 114 cm³/mol. The maximum absolute atomic E-state index is 14.4. The summed E-state index contributed by atoms with van der Waals surface area (Å²) in [5.41, 5.74) is -1.14. The molecule has 4 bridgehead atoms. The van der Waals surface area contributed by atoms with Gasteiger partial charge in [0.25, 0.3) is 0 Å². The molecule has 1 aromatic carbocycles. The molecule has 5 rings (SSSR count). The van der Waals surface area contributed by atoms with E-state index in [1.165, 1.54) is 24.3 Å². The van der Waals surface area contributed by atoms with Crippen LogP contribution < -0.4 is 0 Å². The summed E-state index contributed by atoms with van der Waals surface area (Å²) in [6.07, 6.45) is -2.87. The Balaban J connectivity index is 1.66. The van der Waals surface area contributed by atoms with E-state index in [2.05, 4.69) is 14.2 Å². The second-order valence-electron chi connectivity index (χ2n) is 10.2. The minimum absolute atomic E-state index is 0.0777. The van der Waals surface area contributed by atoms with Crippen molar-refractivity contribution >= 4 is 22.1 Å². The third kappa shape index (κ3) is 5.32. The highest BCUT2D eigenvalue weighted by molar-refractivity contribution is 7.86. The van der Waals surface area contributed by atoms with Crippen LogP contribution in [0, 0.1) is 23.2 Å². The molecule has 0 aliphatic heterocycles. The average Bonchev–Trinajstić information content (AvgIpc) is 2.78. The standard InChI is InChI=1S/C23H25F5O8S/c24-21(25,37(31,32)33)13-35-22(23(26,27)28,19(30)34-12-14-4-2-1-3-5-14)36-18(29)20-9-15-6-16(10-20)8-17(7-15)11-20/h1-5,15-17H,6-13H2,(H,31,32,33). The zero-order valence-electron chi connectivity index (χ0n) is 19.4. The lowest BCUT2D eigenvalue weighted by Crippen LogP contribution is -2.62. The van der Waals surface area contributed by atoms with Crippen molar-refractivity contribution in [2.75, 3.05) is 6.61 Å². The normalized spacial score (nSPS) is 29.0. The molecule has 4 aliphatic rings. The van der Waals surface area contributed by atoms with Crippen LogP contribution in [-0.2, 0) is 40.5 Å². The Morgan fingerprint density at radius 2 is 1.46 bits per heavy atom. The topological polar surface area (TPSA) is 116 Å². The van der Waals surface area contributed by atoms with Gasteiger partial charge in [0, 0.05) is 0 Å². The highest BCUT2D eigenvalue weighted by Crippen LogP contribution is 2.61. The molecular formula is C23H25F5O8S. The van der Waals surface area contributed by atoms with Crippen molar-refractivity contribution in [3.05, 3.63) is 35.9 Å². The summed E-state index contributed by atoms with van der Waals surface area (Å²) in [5.74, 6) is -8.28. The summed E-state index contributed by atoms with van der Waals surface area (Å²) < 4.78 is 115. The fourth-order valence-electron chi connectivity index (χ4n) is 6.06. The highest BCUT2D eigenvalue weighted by atomic mass is 32.2. The van der Waals surface area contributed by atoms with E-state index in [0.717, 1.165) is 19.3 Å². The number of alkyl halides is 5. The zero-order valence-corrected chi connectivity index (χ0v) is 20.2. The zero-order chi connectivity index (χ0) is 27.3. The van der Waals surface area contributed by atoms with E-state index in [1.54, 1.807) is 6.07 Å². The van der Waals surface area contributed by atoms with Gasteiger partial charge in [0.1, 0.15) is 13.2 Å². The van der Waals surface area contributed by atoms with Crippen LogP contribution >= 0.6 is 0 Å². The van der Waals surface area contributed by atoms with Gasteiger partial charge in [-0.05, 0) is 61.8 Å². The van der Waals surface area contributed by atoms with E-state index in [-0.39, 0.29) is 42.6 Å². The number of benzene rings is 1. The van der Waals surface area contributed by atoms with Gasteiger partial charge in [0.2, 0.25) is 0 Å². The predicted octanol–water partition coefficient (Wildman–Crippen LogP) is 4.25. The second-order valence-corrected chi connectivity index (χ2v) is 11.7. The smallest absolute Gasteiger partial charge is 0.456 e. The maximum atomic E-state index is 14.4. The minimum atomic E-state index is -6.23. The van der Waals surface area contributed by atoms with Crippen LogP contribution in [0.1, 0.15) is 44.1 Å². The molecule has 0 saturated heterocycles. The van der Waals surface area contributed by atoms with E-state index in [4.69, 9.17) is 4.55 Å². The molecule has 4 aliphatic carbocycles. The van der Waals surface area contributed by atoms with Crippen molar-refractivity contribution < 1.29 is 58.7 Å². The van der Waals surface area contributed by atoms with E-state index in [9.17, 15) is 40.0 Å². The first kappa shape index (κ1) is 27.7. The van der Waals surface area contributed by atoms with Crippen molar-refractivity contribution in [2.45, 2.75) is 62.3 Å². The van der Waals surface area contributed by atoms with Crippen LogP contribution in [0.2, 0.25) is 0 Å². The molecule has 0 radical (unpaired) electrons. The van der Waals surface area contributed by atoms with Gasteiger partial charge >= 0.3 is 39.3 Å². The summed E-state index contributed by atoms with van der Waals surface area (Å²) in [4.78, 5) is 26.1. The minimum Gasteiger partial charge on any atom is -0.456 e. The number of halogens is 5. The lowest BCUT2D eigenvalue weighted by Gasteiger charge is -2.55. The SMILES string of the molecule is O=C(OC(OCC(F)(F)S(=O)(=O)O)(C(=O)OCc1ccccc1)C(F)(F)F)C12CC3CC(CC(C3)C1)C2. The Labute approximate surface area is 209 Å². The molecule has 0 aromatic heterocycles. The number of hydrogen-bond acceptors (Lipinski definition) is 7. The van der Waals surface area contributed by atoms with Crippen molar-refractivity contribution in [1.82, 2.24) is 0 Å². The van der Waals surface area contributed by atoms with Gasteiger partial charge in [-0.2, -0.15) is 30.4 Å². The molecule has 206 valence electrons. The molecule has 0 heterocycles. The monoisotopic (exact) mass is 556 g/mol. The fraction of sp³-hybridized carbons (Fsp3) is 0.652. The lowest BCUT2D eigenvalue weighted by atomic mass is 9.49. The molecule has 14 heteroatoms. The lowest BCUT2D eigenvalue weighted by molar-refractivity contribution is -0.364. The first-order chi connectivity index (χ1) is 17.1. The van der Waals surface area contributed by atoms with Gasteiger partial charge in [0.05, 0.1) is 5.41 Å². The number of ether oxygens (including phenoxy) is 3. The van der Waals surface area contributed by atoms with E-state index >= 15 is 0 Å². The van der Waals surface area contributed by atoms with Gasteiger partial charge in [-0.15, -0.1) is 0 Å². The molecule has 37 heavy (non-hydrogen) atoms. The first-order valence-corrected chi connectivity index (χ1v) is 13.0. The van der Waals surface area contributed by atoms with Crippen LogP contribution in [0.4, 0.5) is 22.0 Å². The van der Waals surface area contributed by atoms with E-state index in [1.807, 2.05) is 0 Å². The Kier molecular flexibility index (Phi) is 7.08. The Bertz CT molecular complexity index is 1100. The second kappa shape index (κ2) is 9.45. The van der Waals surface area contributed by atoms with E-state index in [0.29, 0.717) is 0 Å². The molecule has 0 amide bonds. The highest BCUT2D eigenvalue weighted by Gasteiger charge is 2.70. The van der Waals surface area contributed by atoms with Crippen LogP contribution in [0.3, 0.4) is 0 Å². The van der Waals surface area contributed by atoms with Gasteiger partial charge in [-0.3, -0.25) is 9.35 Å². The molecule has 1 N–H and O–H groups in total. The van der Waals surface area contributed by atoms with Crippen molar-refractivity contribution in [3.8, 4) is 0 Å². The molecular weight excluding hydrogens is 531 g/mol. The summed E-state index contributed by atoms with van der Waals surface area (Å²) >= 11 is 0. The quantitative estimate of drug-likeness (QED) is 0.208. The number of esters is 2. The molecule has 4 saturated carbocycles. The van der Waals surface area contributed by atoms with Crippen LogP contribution in [0.15, 0.2) is 30.3 Å². The Hall–Kier alpha value is -2.32. The fourth-order valence-corrected chi connectivity index (χ4v) is 6.27.